The number of rotatable bonds is 7. The van der Waals surface area contributed by atoms with Crippen molar-refractivity contribution in [2.45, 2.75) is 20.8 Å². The van der Waals surface area contributed by atoms with E-state index in [2.05, 4.69) is 10.3 Å². The van der Waals surface area contributed by atoms with Crippen molar-refractivity contribution in [3.8, 4) is 28.7 Å². The van der Waals surface area contributed by atoms with Crippen LogP contribution in [0, 0.1) is 25.2 Å². The summed E-state index contributed by atoms with van der Waals surface area (Å²) in [6.45, 7) is 5.72. The van der Waals surface area contributed by atoms with E-state index in [0.29, 0.717) is 40.6 Å². The van der Waals surface area contributed by atoms with Crippen molar-refractivity contribution in [2.75, 3.05) is 18.5 Å². The molecule has 0 unspecified atom stereocenters. The Hall–Kier alpha value is -4.05. The van der Waals surface area contributed by atoms with Crippen LogP contribution in [-0.4, -0.2) is 24.1 Å². The Morgan fingerprint density at radius 3 is 2.61 bits per heavy atom. The molecule has 31 heavy (non-hydrogen) atoms. The Kier molecular flexibility index (Phi) is 6.73. The summed E-state index contributed by atoms with van der Waals surface area (Å²) in [5.74, 6) is 0.518. The molecule has 1 heterocycles. The maximum atomic E-state index is 12.3. The van der Waals surface area contributed by atoms with Gasteiger partial charge < -0.3 is 19.8 Å². The summed E-state index contributed by atoms with van der Waals surface area (Å²) >= 11 is 0. The fourth-order valence-corrected chi connectivity index (χ4v) is 3.15. The van der Waals surface area contributed by atoms with Crippen molar-refractivity contribution in [3.05, 3.63) is 75.7 Å². The highest BCUT2D eigenvalue weighted by molar-refractivity contribution is 5.92. The van der Waals surface area contributed by atoms with Gasteiger partial charge in [0.15, 0.2) is 18.1 Å². The van der Waals surface area contributed by atoms with Crippen molar-refractivity contribution in [3.63, 3.8) is 0 Å². The summed E-state index contributed by atoms with van der Waals surface area (Å²) in [5, 5.41) is 12.2. The number of hydrogen-bond acceptors (Lipinski definition) is 5. The molecule has 158 valence electrons. The number of aryl methyl sites for hydroxylation is 2. The fraction of sp³-hybridized carbons (Fsp3) is 0.208. The molecule has 7 nitrogen and oxygen atoms in total. The summed E-state index contributed by atoms with van der Waals surface area (Å²) in [6.07, 6.45) is 0. The topological polar surface area (TPSA) is 104 Å². The lowest BCUT2D eigenvalue weighted by Gasteiger charge is -2.14. The highest BCUT2D eigenvalue weighted by atomic mass is 16.5. The quantitative estimate of drug-likeness (QED) is 0.606. The van der Waals surface area contributed by atoms with E-state index >= 15 is 0 Å². The van der Waals surface area contributed by atoms with E-state index in [1.807, 2.05) is 44.2 Å². The number of hydrogen-bond donors (Lipinski definition) is 2. The highest BCUT2D eigenvalue weighted by Gasteiger charge is 2.14. The van der Waals surface area contributed by atoms with Gasteiger partial charge in [0.1, 0.15) is 11.6 Å². The number of carbonyl (C=O) groups is 1. The van der Waals surface area contributed by atoms with Crippen LogP contribution in [0.2, 0.25) is 0 Å². The fourth-order valence-electron chi connectivity index (χ4n) is 3.15. The zero-order chi connectivity index (χ0) is 22.4. The Morgan fingerprint density at radius 1 is 1.10 bits per heavy atom. The van der Waals surface area contributed by atoms with E-state index in [4.69, 9.17) is 9.47 Å². The van der Waals surface area contributed by atoms with Gasteiger partial charge in [-0.05, 0) is 62.2 Å². The van der Waals surface area contributed by atoms with Crippen LogP contribution in [0.15, 0.2) is 53.3 Å². The third-order valence-corrected chi connectivity index (χ3v) is 4.49. The van der Waals surface area contributed by atoms with Crippen molar-refractivity contribution in [1.29, 1.82) is 5.26 Å². The zero-order valence-electron chi connectivity index (χ0n) is 17.6. The van der Waals surface area contributed by atoms with E-state index < -0.39 is 5.56 Å². The first-order valence-corrected chi connectivity index (χ1v) is 9.81. The molecule has 0 fully saturated rings. The first-order valence-electron chi connectivity index (χ1n) is 9.81. The summed E-state index contributed by atoms with van der Waals surface area (Å²) in [4.78, 5) is 27.0. The summed E-state index contributed by atoms with van der Waals surface area (Å²) in [6, 6.07) is 16.3. The minimum absolute atomic E-state index is 0.0271. The summed E-state index contributed by atoms with van der Waals surface area (Å²) in [5.41, 5.74) is 3.12. The Labute approximate surface area is 180 Å². The van der Waals surface area contributed by atoms with Crippen LogP contribution in [0.3, 0.4) is 0 Å². The number of nitrogens with one attached hydrogen (secondary N) is 2. The average molecular weight is 417 g/mol. The van der Waals surface area contributed by atoms with Crippen LogP contribution in [0.5, 0.6) is 11.5 Å². The molecular formula is C24H23N3O4. The van der Waals surface area contributed by atoms with Gasteiger partial charge >= 0.3 is 0 Å². The molecule has 0 aliphatic heterocycles. The van der Waals surface area contributed by atoms with Gasteiger partial charge in [-0.1, -0.05) is 18.2 Å². The lowest BCUT2D eigenvalue weighted by atomic mass is 10.0. The van der Waals surface area contributed by atoms with E-state index in [-0.39, 0.29) is 18.1 Å². The lowest BCUT2D eigenvalue weighted by Crippen LogP contribution is -2.20. The molecule has 0 atom stereocenters. The van der Waals surface area contributed by atoms with Gasteiger partial charge in [-0.3, -0.25) is 9.59 Å². The molecule has 2 N–H and O–H groups in total. The normalized spacial score (nSPS) is 10.3. The minimum Gasteiger partial charge on any atom is -0.490 e. The largest absolute Gasteiger partial charge is 0.490 e. The molecule has 1 amide bonds. The monoisotopic (exact) mass is 417 g/mol. The van der Waals surface area contributed by atoms with Crippen molar-refractivity contribution in [2.24, 2.45) is 0 Å². The molecule has 7 heteroatoms. The first-order chi connectivity index (χ1) is 14.9. The average Bonchev–Trinajstić information content (AvgIpc) is 2.72. The van der Waals surface area contributed by atoms with Crippen LogP contribution < -0.4 is 20.3 Å². The molecule has 1 aromatic heterocycles. The number of carbonyl (C=O) groups excluding carboxylic acids is 1. The van der Waals surface area contributed by atoms with E-state index in [1.54, 1.807) is 31.2 Å². The second-order valence-electron chi connectivity index (χ2n) is 6.98. The molecule has 0 spiro atoms. The minimum atomic E-state index is -0.441. The van der Waals surface area contributed by atoms with Gasteiger partial charge in [0.25, 0.3) is 11.5 Å². The molecule has 0 aliphatic rings. The SMILES string of the molecule is CCOc1cc(-c2cc(C)[nH]c(=O)c2C#N)ccc1OCC(=O)Nc1cccc(C)c1. The number of H-pyrrole nitrogens is 1. The van der Waals surface area contributed by atoms with Gasteiger partial charge in [0, 0.05) is 16.9 Å². The first kappa shape index (κ1) is 21.7. The van der Waals surface area contributed by atoms with Crippen LogP contribution in [0.4, 0.5) is 5.69 Å². The highest BCUT2D eigenvalue weighted by Crippen LogP contribution is 2.33. The second-order valence-corrected chi connectivity index (χ2v) is 6.98. The third kappa shape index (κ3) is 5.31. The molecule has 0 radical (unpaired) electrons. The van der Waals surface area contributed by atoms with Gasteiger partial charge in [0.05, 0.1) is 6.61 Å². The van der Waals surface area contributed by atoms with Crippen LogP contribution in [0.25, 0.3) is 11.1 Å². The summed E-state index contributed by atoms with van der Waals surface area (Å²) < 4.78 is 11.4. The van der Waals surface area contributed by atoms with Crippen LogP contribution in [-0.2, 0) is 4.79 Å². The maximum absolute atomic E-state index is 12.3. The number of pyridine rings is 1. The van der Waals surface area contributed by atoms with Gasteiger partial charge in [-0.25, -0.2) is 0 Å². The lowest BCUT2D eigenvalue weighted by molar-refractivity contribution is -0.118. The number of nitriles is 1. The number of benzene rings is 2. The number of aromatic nitrogens is 1. The predicted octanol–water partition coefficient (Wildman–Crippen LogP) is 3.95. The molecule has 0 saturated heterocycles. The molecule has 2 aromatic carbocycles. The Morgan fingerprint density at radius 2 is 1.90 bits per heavy atom. The van der Waals surface area contributed by atoms with Crippen molar-refractivity contribution >= 4 is 11.6 Å². The number of nitrogens with zero attached hydrogens (tertiary/aromatic N) is 1. The predicted molar refractivity (Wildman–Crippen MR) is 118 cm³/mol. The molecular weight excluding hydrogens is 394 g/mol. The van der Waals surface area contributed by atoms with Gasteiger partial charge in [0.2, 0.25) is 0 Å². The van der Waals surface area contributed by atoms with Crippen molar-refractivity contribution < 1.29 is 14.3 Å². The number of anilines is 1. The number of ether oxygens (including phenoxy) is 2. The van der Waals surface area contributed by atoms with E-state index in [1.165, 1.54) is 0 Å². The molecule has 3 aromatic rings. The van der Waals surface area contributed by atoms with Crippen LogP contribution >= 0.6 is 0 Å². The van der Waals surface area contributed by atoms with E-state index in [0.717, 1.165) is 5.56 Å². The molecule has 0 bridgehead atoms. The van der Waals surface area contributed by atoms with Gasteiger partial charge in [-0.15, -0.1) is 0 Å². The van der Waals surface area contributed by atoms with Crippen molar-refractivity contribution in [1.82, 2.24) is 4.98 Å². The van der Waals surface area contributed by atoms with Crippen LogP contribution in [0.1, 0.15) is 23.7 Å². The summed E-state index contributed by atoms with van der Waals surface area (Å²) in [7, 11) is 0. The molecule has 0 saturated carbocycles. The molecule has 0 aliphatic carbocycles. The Balaban J connectivity index is 1.82. The number of aromatic amines is 1. The Bertz CT molecular complexity index is 1210. The maximum Gasteiger partial charge on any atom is 0.266 e. The smallest absolute Gasteiger partial charge is 0.266 e. The zero-order valence-corrected chi connectivity index (χ0v) is 17.6. The second kappa shape index (κ2) is 9.63. The standard InChI is InChI=1S/C24H23N3O4/c1-4-30-22-12-17(19-11-16(3)26-24(29)20(19)13-25)8-9-21(22)31-14-23(28)27-18-7-5-6-15(2)10-18/h5-12H,4,14H2,1-3H3,(H,26,29)(H,27,28). The van der Waals surface area contributed by atoms with Gasteiger partial charge in [-0.2, -0.15) is 5.26 Å². The number of amides is 1. The van der Waals surface area contributed by atoms with E-state index in [9.17, 15) is 14.9 Å². The molecule has 3 rings (SSSR count). The third-order valence-electron chi connectivity index (χ3n) is 4.49.